The predicted octanol–water partition coefficient (Wildman–Crippen LogP) is 3.35. The van der Waals surface area contributed by atoms with E-state index in [4.69, 9.17) is 14.9 Å². The number of carbonyl (C=O) groups excluding carboxylic acids is 1. The second kappa shape index (κ2) is 17.1. The molecule has 0 aliphatic carbocycles. The first-order chi connectivity index (χ1) is 15.5. The van der Waals surface area contributed by atoms with Crippen LogP contribution in [-0.2, 0) is 9.59 Å². The molecule has 0 bridgehead atoms. The minimum atomic E-state index is -1.26. The lowest BCUT2D eigenvalue weighted by Gasteiger charge is -2.10. The number of carboxylic acids is 2. The van der Waals surface area contributed by atoms with Crippen LogP contribution in [0.25, 0.3) is 0 Å². The van der Waals surface area contributed by atoms with Crippen LogP contribution in [0, 0.1) is 0 Å². The summed E-state index contributed by atoms with van der Waals surface area (Å²) in [6.07, 6.45) is 8.04. The summed E-state index contributed by atoms with van der Waals surface area (Å²) < 4.78 is 5.62. The number of ether oxygens (including phenoxy) is 1. The number of allylic oxidation sites excluding steroid dienone is 1. The third kappa shape index (κ3) is 16.8. The van der Waals surface area contributed by atoms with Gasteiger partial charge in [0.25, 0.3) is 0 Å². The van der Waals surface area contributed by atoms with E-state index in [0.29, 0.717) is 30.1 Å². The van der Waals surface area contributed by atoms with Gasteiger partial charge in [-0.15, -0.1) is 6.58 Å². The zero-order chi connectivity index (χ0) is 25.2. The normalized spacial score (nSPS) is 11.5. The van der Waals surface area contributed by atoms with Crippen LogP contribution in [0.4, 0.5) is 0 Å². The van der Waals surface area contributed by atoms with Crippen LogP contribution in [0.1, 0.15) is 30.6 Å². The van der Waals surface area contributed by atoms with Gasteiger partial charge in [-0.1, -0.05) is 29.9 Å². The summed E-state index contributed by atoms with van der Waals surface area (Å²) in [6, 6.07) is 7.01. The number of aliphatic hydroxyl groups is 1. The Morgan fingerprint density at radius 3 is 2.09 bits per heavy atom. The quantitative estimate of drug-likeness (QED) is 0.233. The molecule has 3 N–H and O–H groups in total. The van der Waals surface area contributed by atoms with Gasteiger partial charge in [-0.25, -0.2) is 9.59 Å². The Balaban J connectivity index is 0.00000109. The molecule has 1 rings (SSSR count). The molecule has 0 aliphatic rings. The van der Waals surface area contributed by atoms with Crippen molar-refractivity contribution in [2.75, 3.05) is 26.7 Å². The number of carbonyl (C=O) groups is 3. The van der Waals surface area contributed by atoms with Gasteiger partial charge in [-0.2, -0.15) is 0 Å². The highest BCUT2D eigenvalue weighted by atomic mass is 16.5. The Morgan fingerprint density at radius 1 is 1.03 bits per heavy atom. The number of benzene rings is 1. The molecule has 1 aromatic carbocycles. The fourth-order valence-corrected chi connectivity index (χ4v) is 2.39. The molecule has 0 fully saturated rings. The van der Waals surface area contributed by atoms with Crippen LogP contribution in [0.5, 0.6) is 5.75 Å². The first-order valence-corrected chi connectivity index (χ1v) is 10.2. The van der Waals surface area contributed by atoms with Gasteiger partial charge in [0.2, 0.25) is 0 Å². The van der Waals surface area contributed by atoms with Crippen molar-refractivity contribution in [3.8, 4) is 5.75 Å². The molecule has 1 aromatic rings. The standard InChI is InChI=1S/C21H29NO3.C4H4O4/c1-5-12-22(4)13-6-7-14-25-20-10-8-18(9-11-20)21(24)16-19(23)15-17(2)3;5-3(6)1-2-4(7)8/h5-11,15,19,23H,1,12-14,16H2,2-4H3;1-2H,(H,5,6)(H,7,8)/b7-6+;2-1+. The van der Waals surface area contributed by atoms with E-state index >= 15 is 0 Å². The highest BCUT2D eigenvalue weighted by Gasteiger charge is 2.11. The SMILES string of the molecule is C=CCN(C)C/C=C/COc1ccc(C(=O)CC(O)C=C(C)C)cc1.O=C(O)/C=C/C(=O)O. The van der Waals surface area contributed by atoms with Crippen LogP contribution in [0.3, 0.4) is 0 Å². The van der Waals surface area contributed by atoms with E-state index in [-0.39, 0.29) is 12.2 Å². The molecule has 8 nitrogen and oxygen atoms in total. The molecule has 33 heavy (non-hydrogen) atoms. The number of rotatable bonds is 13. The summed E-state index contributed by atoms with van der Waals surface area (Å²) in [5.74, 6) is -1.88. The van der Waals surface area contributed by atoms with Gasteiger partial charge in [0.15, 0.2) is 5.78 Å². The minimum Gasteiger partial charge on any atom is -0.490 e. The van der Waals surface area contributed by atoms with Crippen molar-refractivity contribution in [1.82, 2.24) is 4.90 Å². The highest BCUT2D eigenvalue weighted by molar-refractivity contribution is 5.96. The van der Waals surface area contributed by atoms with Crippen LogP contribution in [0.15, 0.2) is 72.9 Å². The van der Waals surface area contributed by atoms with Crippen molar-refractivity contribution in [2.24, 2.45) is 0 Å². The van der Waals surface area contributed by atoms with Crippen molar-refractivity contribution in [2.45, 2.75) is 26.4 Å². The number of ketones is 1. The monoisotopic (exact) mass is 459 g/mol. The molecule has 0 aromatic heterocycles. The van der Waals surface area contributed by atoms with Gasteiger partial charge in [-0.05, 0) is 45.2 Å². The largest absolute Gasteiger partial charge is 0.490 e. The first kappa shape index (κ1) is 29.5. The first-order valence-electron chi connectivity index (χ1n) is 10.2. The maximum atomic E-state index is 12.1. The van der Waals surface area contributed by atoms with Crippen molar-refractivity contribution < 1.29 is 34.4 Å². The smallest absolute Gasteiger partial charge is 0.328 e. The van der Waals surface area contributed by atoms with E-state index in [1.54, 1.807) is 30.3 Å². The Labute approximate surface area is 194 Å². The van der Waals surface area contributed by atoms with Gasteiger partial charge >= 0.3 is 11.9 Å². The topological polar surface area (TPSA) is 124 Å². The van der Waals surface area contributed by atoms with Crippen LogP contribution in [-0.4, -0.2) is 70.8 Å². The Hall–Kier alpha value is -3.49. The molecule has 180 valence electrons. The summed E-state index contributed by atoms with van der Waals surface area (Å²) in [5, 5.41) is 25.4. The number of hydrogen-bond acceptors (Lipinski definition) is 6. The maximum absolute atomic E-state index is 12.1. The minimum absolute atomic E-state index is 0.0818. The number of aliphatic carboxylic acids is 2. The number of aliphatic hydroxyl groups excluding tert-OH is 1. The van der Waals surface area contributed by atoms with Crippen molar-refractivity contribution >= 4 is 17.7 Å². The fraction of sp³-hybridized carbons (Fsp3) is 0.320. The van der Waals surface area contributed by atoms with E-state index in [1.165, 1.54) is 0 Å². The van der Waals surface area contributed by atoms with Crippen molar-refractivity contribution in [3.05, 3.63) is 78.4 Å². The molecular weight excluding hydrogens is 426 g/mol. The molecule has 1 atom stereocenters. The Morgan fingerprint density at radius 2 is 1.61 bits per heavy atom. The molecule has 0 amide bonds. The number of Topliss-reactive ketones (excluding diaryl/α,β-unsaturated/α-hetero) is 1. The van der Waals surface area contributed by atoms with E-state index in [2.05, 4.69) is 11.5 Å². The molecule has 0 saturated heterocycles. The summed E-state index contributed by atoms with van der Waals surface area (Å²) in [7, 11) is 2.02. The Bertz CT molecular complexity index is 834. The van der Waals surface area contributed by atoms with Gasteiger partial charge in [0.05, 0.1) is 6.10 Å². The lowest BCUT2D eigenvalue weighted by atomic mass is 10.0. The van der Waals surface area contributed by atoms with Gasteiger partial charge < -0.3 is 20.1 Å². The second-order valence-electron chi connectivity index (χ2n) is 7.27. The molecule has 0 aliphatic heterocycles. The zero-order valence-corrected chi connectivity index (χ0v) is 19.3. The van der Waals surface area contributed by atoms with E-state index in [1.807, 2.05) is 39.1 Å². The van der Waals surface area contributed by atoms with Crippen molar-refractivity contribution in [1.29, 1.82) is 0 Å². The number of likely N-dealkylation sites (N-methyl/N-ethyl adjacent to an activating group) is 1. The summed E-state index contributed by atoms with van der Waals surface area (Å²) >= 11 is 0. The molecule has 0 spiro atoms. The predicted molar refractivity (Wildman–Crippen MR) is 128 cm³/mol. The lowest BCUT2D eigenvalue weighted by molar-refractivity contribution is -0.134. The second-order valence-corrected chi connectivity index (χ2v) is 7.27. The number of hydrogen-bond donors (Lipinski definition) is 3. The average Bonchev–Trinajstić information content (AvgIpc) is 2.72. The maximum Gasteiger partial charge on any atom is 0.328 e. The number of carboxylic acid groups (broad SMARTS) is 2. The number of nitrogens with zero attached hydrogens (tertiary/aromatic N) is 1. The van der Waals surface area contributed by atoms with E-state index < -0.39 is 18.0 Å². The summed E-state index contributed by atoms with van der Waals surface area (Å²) in [5.41, 5.74) is 1.57. The van der Waals surface area contributed by atoms with Crippen LogP contribution in [0.2, 0.25) is 0 Å². The molecule has 0 saturated carbocycles. The van der Waals surface area contributed by atoms with Crippen molar-refractivity contribution in [3.63, 3.8) is 0 Å². The van der Waals surface area contributed by atoms with E-state index in [9.17, 15) is 19.5 Å². The third-order valence-corrected chi connectivity index (χ3v) is 3.84. The van der Waals surface area contributed by atoms with Gasteiger partial charge in [0, 0.05) is 37.2 Å². The summed E-state index contributed by atoms with van der Waals surface area (Å²) in [4.78, 5) is 33.4. The molecule has 1 unspecified atom stereocenters. The third-order valence-electron chi connectivity index (χ3n) is 3.84. The van der Waals surface area contributed by atoms with Gasteiger partial charge in [-0.3, -0.25) is 9.69 Å². The van der Waals surface area contributed by atoms with Crippen LogP contribution >= 0.6 is 0 Å². The van der Waals surface area contributed by atoms with Crippen LogP contribution < -0.4 is 4.74 Å². The lowest BCUT2D eigenvalue weighted by Crippen LogP contribution is -2.17. The highest BCUT2D eigenvalue weighted by Crippen LogP contribution is 2.14. The van der Waals surface area contributed by atoms with E-state index in [0.717, 1.165) is 18.7 Å². The average molecular weight is 460 g/mol. The summed E-state index contributed by atoms with van der Waals surface area (Å²) in [6.45, 7) is 9.67. The molecule has 8 heteroatoms. The molecule has 0 radical (unpaired) electrons. The Kier molecular flexibility index (Phi) is 15.3. The molecular formula is C25H33NO7. The fourth-order valence-electron chi connectivity index (χ4n) is 2.39. The zero-order valence-electron chi connectivity index (χ0n) is 19.3. The van der Waals surface area contributed by atoms with Gasteiger partial charge in [0.1, 0.15) is 12.4 Å². The molecule has 0 heterocycles.